The molecule has 0 radical (unpaired) electrons. The second-order valence-electron chi connectivity index (χ2n) is 7.00. The Morgan fingerprint density at radius 1 is 1.14 bits per heavy atom. The number of carbonyl (C=O) groups is 2. The molecule has 1 fully saturated rings. The number of rotatable bonds is 7. The highest BCUT2D eigenvalue weighted by molar-refractivity contribution is 5.99. The minimum absolute atomic E-state index is 0.0651. The average molecular weight is 393 g/mol. The largest absolute Gasteiger partial charge is 0.350 e. The molecule has 1 aliphatic rings. The first-order valence-electron chi connectivity index (χ1n) is 9.39. The monoisotopic (exact) mass is 393 g/mol. The molecule has 0 atom stereocenters. The summed E-state index contributed by atoms with van der Waals surface area (Å²) in [7, 11) is 0. The van der Waals surface area contributed by atoms with Crippen LogP contribution in [0.1, 0.15) is 34.5 Å². The summed E-state index contributed by atoms with van der Waals surface area (Å²) >= 11 is 0. The van der Waals surface area contributed by atoms with E-state index in [1.54, 1.807) is 24.4 Å². The second-order valence-corrected chi connectivity index (χ2v) is 7.00. The van der Waals surface area contributed by atoms with Crippen LogP contribution in [0.3, 0.4) is 0 Å². The summed E-state index contributed by atoms with van der Waals surface area (Å²) in [4.78, 5) is 28.6. The topological polar surface area (TPSA) is 99.8 Å². The lowest BCUT2D eigenvalue weighted by Crippen LogP contribution is -2.25. The van der Waals surface area contributed by atoms with Crippen LogP contribution >= 0.6 is 0 Å². The van der Waals surface area contributed by atoms with Crippen LogP contribution in [0.25, 0.3) is 11.3 Å². The number of nitrogens with zero attached hydrogens (tertiary/aromatic N) is 2. The summed E-state index contributed by atoms with van der Waals surface area (Å²) in [5.41, 5.74) is 2.93. The van der Waals surface area contributed by atoms with Gasteiger partial charge in [0, 0.05) is 24.2 Å². The van der Waals surface area contributed by atoms with Crippen molar-refractivity contribution in [2.45, 2.75) is 25.9 Å². The molecule has 2 amide bonds. The van der Waals surface area contributed by atoms with Gasteiger partial charge in [-0.1, -0.05) is 12.1 Å². The zero-order chi connectivity index (χ0) is 20.2. The maximum absolute atomic E-state index is 13.5. The maximum Gasteiger partial charge on any atom is 0.255 e. The summed E-state index contributed by atoms with van der Waals surface area (Å²) in [6.45, 7) is 0.654. The van der Waals surface area contributed by atoms with Crippen LogP contribution < -0.4 is 10.6 Å². The first-order chi connectivity index (χ1) is 14.1. The third kappa shape index (κ3) is 4.66. The number of hydrogen-bond acceptors (Lipinski definition) is 4. The molecule has 0 spiro atoms. The Morgan fingerprint density at radius 2 is 2.00 bits per heavy atom. The van der Waals surface area contributed by atoms with E-state index in [0.29, 0.717) is 29.9 Å². The number of benzene rings is 1. The Morgan fingerprint density at radius 3 is 2.79 bits per heavy atom. The van der Waals surface area contributed by atoms with Crippen LogP contribution in [0.4, 0.5) is 4.39 Å². The molecule has 0 saturated heterocycles. The van der Waals surface area contributed by atoms with Gasteiger partial charge in [0.1, 0.15) is 5.82 Å². The van der Waals surface area contributed by atoms with Crippen molar-refractivity contribution in [2.24, 2.45) is 5.92 Å². The zero-order valence-corrected chi connectivity index (χ0v) is 15.6. The Balaban J connectivity index is 1.38. The summed E-state index contributed by atoms with van der Waals surface area (Å²) < 4.78 is 13.5. The normalized spacial score (nSPS) is 13.1. The number of pyridine rings is 1. The van der Waals surface area contributed by atoms with Gasteiger partial charge in [-0.05, 0) is 42.7 Å². The molecule has 8 heteroatoms. The van der Waals surface area contributed by atoms with Gasteiger partial charge in [0.25, 0.3) is 5.91 Å². The first kappa shape index (κ1) is 18.8. The minimum atomic E-state index is -0.387. The van der Waals surface area contributed by atoms with E-state index >= 15 is 0 Å². The van der Waals surface area contributed by atoms with E-state index in [1.807, 2.05) is 6.07 Å². The molecule has 7 nitrogen and oxygen atoms in total. The van der Waals surface area contributed by atoms with Gasteiger partial charge < -0.3 is 10.6 Å². The van der Waals surface area contributed by atoms with Gasteiger partial charge in [0.15, 0.2) is 0 Å². The number of H-pyrrole nitrogens is 1. The number of carbonyl (C=O) groups excluding carboxylic acids is 2. The Bertz CT molecular complexity index is 1040. The molecule has 3 N–H and O–H groups in total. The molecule has 1 saturated carbocycles. The quantitative estimate of drug-likeness (QED) is 0.574. The van der Waals surface area contributed by atoms with E-state index in [-0.39, 0.29) is 23.5 Å². The van der Waals surface area contributed by atoms with Crippen LogP contribution in [0, 0.1) is 11.7 Å². The van der Waals surface area contributed by atoms with E-state index in [4.69, 9.17) is 0 Å². The molecule has 0 bridgehead atoms. The van der Waals surface area contributed by atoms with Crippen molar-refractivity contribution in [1.29, 1.82) is 0 Å². The van der Waals surface area contributed by atoms with Gasteiger partial charge in [0.2, 0.25) is 5.91 Å². The molecule has 4 rings (SSSR count). The van der Waals surface area contributed by atoms with Crippen molar-refractivity contribution in [1.82, 2.24) is 25.8 Å². The highest BCUT2D eigenvalue weighted by Crippen LogP contribution is 2.28. The average Bonchev–Trinajstić information content (AvgIpc) is 3.47. The van der Waals surface area contributed by atoms with E-state index in [1.165, 1.54) is 18.3 Å². The molecule has 1 aromatic carbocycles. The number of aromatic amines is 1. The van der Waals surface area contributed by atoms with Crippen LogP contribution in [-0.2, 0) is 17.9 Å². The van der Waals surface area contributed by atoms with Crippen molar-refractivity contribution in [3.63, 3.8) is 0 Å². The predicted molar refractivity (Wildman–Crippen MR) is 104 cm³/mol. The summed E-state index contributed by atoms with van der Waals surface area (Å²) in [6, 6.07) is 9.61. The highest BCUT2D eigenvalue weighted by Gasteiger charge is 2.29. The van der Waals surface area contributed by atoms with Crippen LogP contribution in [-0.4, -0.2) is 27.0 Å². The Kier molecular flexibility index (Phi) is 5.33. The van der Waals surface area contributed by atoms with Crippen molar-refractivity contribution in [3.8, 4) is 11.3 Å². The Hall–Kier alpha value is -3.55. The third-order valence-corrected chi connectivity index (χ3v) is 4.72. The molecule has 2 heterocycles. The standard InChI is InChI=1S/C21H20FN5O2/c22-16-3-1-2-15(9-16)19-18(12-26-27-19)21(29)24-10-13-6-7-23-17(8-13)11-25-20(28)14-4-5-14/h1-3,6-9,12,14H,4-5,10-11H2,(H,24,29)(H,25,28)(H,26,27). The smallest absolute Gasteiger partial charge is 0.255 e. The third-order valence-electron chi connectivity index (χ3n) is 4.72. The molecular formula is C21H20FN5O2. The fraction of sp³-hybridized carbons (Fsp3) is 0.238. The predicted octanol–water partition coefficient (Wildman–Crippen LogP) is 2.57. The van der Waals surface area contributed by atoms with Crippen molar-refractivity contribution in [2.75, 3.05) is 0 Å². The van der Waals surface area contributed by atoms with Crippen molar-refractivity contribution >= 4 is 11.8 Å². The fourth-order valence-electron chi connectivity index (χ4n) is 3.00. The molecule has 148 valence electrons. The molecule has 1 aliphatic carbocycles. The zero-order valence-electron chi connectivity index (χ0n) is 15.6. The number of nitrogens with one attached hydrogen (secondary N) is 3. The lowest BCUT2D eigenvalue weighted by atomic mass is 10.1. The lowest BCUT2D eigenvalue weighted by Gasteiger charge is -2.08. The molecule has 3 aromatic rings. The number of aromatic nitrogens is 3. The number of hydrogen-bond donors (Lipinski definition) is 3. The van der Waals surface area contributed by atoms with Gasteiger partial charge in [-0.15, -0.1) is 0 Å². The summed E-state index contributed by atoms with van der Waals surface area (Å²) in [6.07, 6.45) is 4.98. The van der Waals surface area contributed by atoms with Gasteiger partial charge in [-0.3, -0.25) is 19.7 Å². The minimum Gasteiger partial charge on any atom is -0.350 e. The van der Waals surface area contributed by atoms with E-state index in [0.717, 1.165) is 24.1 Å². The van der Waals surface area contributed by atoms with Gasteiger partial charge >= 0.3 is 0 Å². The summed E-state index contributed by atoms with van der Waals surface area (Å²) in [5, 5.41) is 12.4. The highest BCUT2D eigenvalue weighted by atomic mass is 19.1. The molecular weight excluding hydrogens is 373 g/mol. The van der Waals surface area contributed by atoms with Crippen molar-refractivity contribution in [3.05, 3.63) is 71.4 Å². The molecule has 2 aromatic heterocycles. The second kappa shape index (κ2) is 8.22. The molecule has 29 heavy (non-hydrogen) atoms. The van der Waals surface area contributed by atoms with E-state index in [2.05, 4.69) is 25.8 Å². The maximum atomic E-state index is 13.5. The van der Waals surface area contributed by atoms with Gasteiger partial charge in [0.05, 0.1) is 29.7 Å². The van der Waals surface area contributed by atoms with Crippen LogP contribution in [0.5, 0.6) is 0 Å². The van der Waals surface area contributed by atoms with Gasteiger partial charge in [-0.2, -0.15) is 5.10 Å². The molecule has 0 unspecified atom stereocenters. The van der Waals surface area contributed by atoms with Crippen LogP contribution in [0.15, 0.2) is 48.8 Å². The van der Waals surface area contributed by atoms with Crippen molar-refractivity contribution < 1.29 is 14.0 Å². The SMILES string of the molecule is O=C(NCc1ccnc(CNC(=O)C2CC2)c1)c1cn[nH]c1-c1cccc(F)c1. The van der Waals surface area contributed by atoms with Gasteiger partial charge in [-0.25, -0.2) is 4.39 Å². The summed E-state index contributed by atoms with van der Waals surface area (Å²) in [5.74, 6) is -0.491. The molecule has 0 aliphatic heterocycles. The first-order valence-corrected chi connectivity index (χ1v) is 9.39. The van der Waals surface area contributed by atoms with Crippen LogP contribution in [0.2, 0.25) is 0 Å². The Labute approximate surface area is 166 Å². The lowest BCUT2D eigenvalue weighted by molar-refractivity contribution is -0.122. The van der Waals surface area contributed by atoms with E-state index < -0.39 is 0 Å². The van der Waals surface area contributed by atoms with E-state index in [9.17, 15) is 14.0 Å². The fourth-order valence-corrected chi connectivity index (χ4v) is 3.00. The number of amides is 2. The number of halogens is 1.